The van der Waals surface area contributed by atoms with Gasteiger partial charge in [-0.25, -0.2) is 0 Å². The Morgan fingerprint density at radius 3 is 2.38 bits per heavy atom. The van der Waals surface area contributed by atoms with Gasteiger partial charge in [-0.2, -0.15) is 11.8 Å². The molecule has 1 nitrogen and oxygen atoms in total. The molecule has 0 aliphatic carbocycles. The monoisotopic (exact) mass is 237 g/mol. The Bertz CT molecular complexity index is 257. The van der Waals surface area contributed by atoms with Crippen molar-refractivity contribution in [2.24, 2.45) is 0 Å². The first-order valence-electron chi connectivity index (χ1n) is 6.20. The summed E-state index contributed by atoms with van der Waals surface area (Å²) in [6.07, 6.45) is 1.30. The molecule has 16 heavy (non-hydrogen) atoms. The van der Waals surface area contributed by atoms with Gasteiger partial charge >= 0.3 is 0 Å². The van der Waals surface area contributed by atoms with E-state index < -0.39 is 0 Å². The molecule has 0 bridgehead atoms. The van der Waals surface area contributed by atoms with E-state index in [1.807, 2.05) is 11.8 Å². The molecule has 0 spiro atoms. The second kappa shape index (κ2) is 8.66. The quantitative estimate of drug-likeness (QED) is 0.635. The first-order chi connectivity index (χ1) is 7.86. The van der Waals surface area contributed by atoms with Crippen LogP contribution in [0.1, 0.15) is 25.8 Å². The SMILES string of the molecule is CCN(CC)CCCSCc1ccccc1. The minimum absolute atomic E-state index is 1.15. The summed E-state index contributed by atoms with van der Waals surface area (Å²) >= 11 is 2.04. The Hall–Kier alpha value is -0.470. The number of hydrogen-bond donors (Lipinski definition) is 0. The molecule has 0 unspecified atom stereocenters. The molecule has 0 aromatic heterocycles. The van der Waals surface area contributed by atoms with Crippen molar-refractivity contribution in [3.8, 4) is 0 Å². The number of benzene rings is 1. The molecule has 0 radical (unpaired) electrons. The summed E-state index contributed by atoms with van der Waals surface area (Å²) in [6.45, 7) is 8.08. The zero-order valence-electron chi connectivity index (χ0n) is 10.5. The van der Waals surface area contributed by atoms with Crippen LogP contribution in [0.5, 0.6) is 0 Å². The van der Waals surface area contributed by atoms with Crippen molar-refractivity contribution < 1.29 is 0 Å². The summed E-state index contributed by atoms with van der Waals surface area (Å²) in [7, 11) is 0. The van der Waals surface area contributed by atoms with Gasteiger partial charge in [-0.1, -0.05) is 44.2 Å². The lowest BCUT2D eigenvalue weighted by molar-refractivity contribution is 0.305. The molecule has 0 heterocycles. The fourth-order valence-electron chi connectivity index (χ4n) is 1.69. The normalized spacial score (nSPS) is 10.9. The Morgan fingerprint density at radius 2 is 1.75 bits per heavy atom. The van der Waals surface area contributed by atoms with Crippen LogP contribution in [0.15, 0.2) is 30.3 Å². The van der Waals surface area contributed by atoms with Crippen LogP contribution >= 0.6 is 11.8 Å². The molecule has 1 rings (SSSR count). The van der Waals surface area contributed by atoms with Crippen LogP contribution in [0.2, 0.25) is 0 Å². The van der Waals surface area contributed by atoms with Gasteiger partial charge < -0.3 is 4.90 Å². The molecule has 2 heteroatoms. The molecule has 90 valence electrons. The highest BCUT2D eigenvalue weighted by Gasteiger charge is 1.98. The van der Waals surface area contributed by atoms with Crippen molar-refractivity contribution in [3.05, 3.63) is 35.9 Å². The molecule has 0 fully saturated rings. The van der Waals surface area contributed by atoms with Crippen molar-refractivity contribution in [1.82, 2.24) is 4.90 Å². The second-order valence-electron chi connectivity index (χ2n) is 3.92. The molecule has 0 atom stereocenters. The van der Waals surface area contributed by atoms with E-state index >= 15 is 0 Å². The van der Waals surface area contributed by atoms with Crippen LogP contribution in [0.4, 0.5) is 0 Å². The highest BCUT2D eigenvalue weighted by Crippen LogP contribution is 2.12. The maximum Gasteiger partial charge on any atom is 0.0184 e. The summed E-state index contributed by atoms with van der Waals surface area (Å²) in [4.78, 5) is 2.49. The molecule has 1 aromatic rings. The van der Waals surface area contributed by atoms with E-state index in [9.17, 15) is 0 Å². The molecule has 0 amide bonds. The summed E-state index contributed by atoms with van der Waals surface area (Å²) in [6, 6.07) is 10.7. The molecule has 0 aliphatic heterocycles. The predicted octanol–water partition coefficient (Wildman–Crippen LogP) is 3.65. The lowest BCUT2D eigenvalue weighted by Gasteiger charge is -2.17. The zero-order chi connectivity index (χ0) is 11.6. The number of hydrogen-bond acceptors (Lipinski definition) is 2. The highest BCUT2D eigenvalue weighted by atomic mass is 32.2. The highest BCUT2D eigenvalue weighted by molar-refractivity contribution is 7.98. The van der Waals surface area contributed by atoms with E-state index in [1.54, 1.807) is 0 Å². The third-order valence-electron chi connectivity index (χ3n) is 2.77. The first-order valence-corrected chi connectivity index (χ1v) is 7.36. The average Bonchev–Trinajstić information content (AvgIpc) is 2.35. The Labute approximate surface area is 104 Å². The van der Waals surface area contributed by atoms with Crippen LogP contribution in [0.3, 0.4) is 0 Å². The maximum atomic E-state index is 2.49. The topological polar surface area (TPSA) is 3.24 Å². The van der Waals surface area contributed by atoms with Crippen LogP contribution < -0.4 is 0 Å². The molecular formula is C14H23NS. The van der Waals surface area contributed by atoms with Gasteiger partial charge in [0.1, 0.15) is 0 Å². The van der Waals surface area contributed by atoms with Gasteiger partial charge in [-0.05, 0) is 37.4 Å². The third kappa shape index (κ3) is 5.57. The van der Waals surface area contributed by atoms with Gasteiger partial charge in [0.15, 0.2) is 0 Å². The van der Waals surface area contributed by atoms with Crippen LogP contribution in [0.25, 0.3) is 0 Å². The van der Waals surface area contributed by atoms with Crippen LogP contribution in [0, 0.1) is 0 Å². The van der Waals surface area contributed by atoms with E-state index in [-0.39, 0.29) is 0 Å². The molecular weight excluding hydrogens is 214 g/mol. The zero-order valence-corrected chi connectivity index (χ0v) is 11.3. The minimum atomic E-state index is 1.15. The van der Waals surface area contributed by atoms with E-state index in [4.69, 9.17) is 0 Å². The molecule has 1 aromatic carbocycles. The fraction of sp³-hybridized carbons (Fsp3) is 0.571. The third-order valence-corrected chi connectivity index (χ3v) is 3.88. The van der Waals surface area contributed by atoms with E-state index in [1.165, 1.54) is 37.4 Å². The average molecular weight is 237 g/mol. The number of thioether (sulfide) groups is 1. The van der Waals surface area contributed by atoms with E-state index in [0.29, 0.717) is 0 Å². The maximum absolute atomic E-state index is 2.49. The van der Waals surface area contributed by atoms with Crippen LogP contribution in [-0.2, 0) is 5.75 Å². The van der Waals surface area contributed by atoms with Crippen molar-refractivity contribution in [2.45, 2.75) is 26.0 Å². The van der Waals surface area contributed by atoms with Gasteiger partial charge in [0, 0.05) is 5.75 Å². The summed E-state index contributed by atoms with van der Waals surface area (Å²) in [5.74, 6) is 2.42. The summed E-state index contributed by atoms with van der Waals surface area (Å²) in [5, 5.41) is 0. The standard InChI is InChI=1S/C14H23NS/c1-3-15(4-2)11-8-12-16-13-14-9-6-5-7-10-14/h5-7,9-10H,3-4,8,11-13H2,1-2H3. The minimum Gasteiger partial charge on any atom is -0.304 e. The molecule has 0 N–H and O–H groups in total. The second-order valence-corrected chi connectivity index (χ2v) is 5.02. The summed E-state index contributed by atoms with van der Waals surface area (Å²) < 4.78 is 0. The van der Waals surface area contributed by atoms with E-state index in [2.05, 4.69) is 49.1 Å². The number of rotatable bonds is 8. The smallest absolute Gasteiger partial charge is 0.0184 e. The van der Waals surface area contributed by atoms with E-state index in [0.717, 1.165) is 5.75 Å². The molecule has 0 saturated carbocycles. The van der Waals surface area contributed by atoms with Crippen molar-refractivity contribution in [1.29, 1.82) is 0 Å². The summed E-state index contributed by atoms with van der Waals surface area (Å²) in [5.41, 5.74) is 1.44. The molecule has 0 saturated heterocycles. The first kappa shape index (κ1) is 13.6. The van der Waals surface area contributed by atoms with Gasteiger partial charge in [-0.15, -0.1) is 0 Å². The van der Waals surface area contributed by atoms with Crippen molar-refractivity contribution in [3.63, 3.8) is 0 Å². The predicted molar refractivity (Wildman–Crippen MR) is 75.0 cm³/mol. The lowest BCUT2D eigenvalue weighted by atomic mass is 10.2. The molecule has 0 aliphatic rings. The van der Waals surface area contributed by atoms with Crippen molar-refractivity contribution in [2.75, 3.05) is 25.4 Å². The van der Waals surface area contributed by atoms with Gasteiger partial charge in [-0.3, -0.25) is 0 Å². The van der Waals surface area contributed by atoms with Gasteiger partial charge in [0.05, 0.1) is 0 Å². The Kier molecular flexibility index (Phi) is 7.35. The van der Waals surface area contributed by atoms with Crippen LogP contribution in [-0.4, -0.2) is 30.3 Å². The Balaban J connectivity index is 2.04. The van der Waals surface area contributed by atoms with Gasteiger partial charge in [0.2, 0.25) is 0 Å². The number of nitrogens with zero attached hydrogens (tertiary/aromatic N) is 1. The van der Waals surface area contributed by atoms with Crippen molar-refractivity contribution >= 4 is 11.8 Å². The lowest BCUT2D eigenvalue weighted by Crippen LogP contribution is -2.24. The fourth-order valence-corrected chi connectivity index (χ4v) is 2.60. The Morgan fingerprint density at radius 1 is 1.06 bits per heavy atom. The van der Waals surface area contributed by atoms with Gasteiger partial charge in [0.25, 0.3) is 0 Å². The largest absolute Gasteiger partial charge is 0.304 e.